The summed E-state index contributed by atoms with van der Waals surface area (Å²) in [5.41, 5.74) is 1.23. The maximum absolute atomic E-state index is 12.7. The number of carbonyl (C=O) groups is 2. The molecule has 3 amide bonds. The number of β-amino-alcohol motifs (C(OH)–C–C–N with tert-alkyl or cyclic N) is 1. The van der Waals surface area contributed by atoms with Crippen LogP contribution in [0.15, 0.2) is 18.2 Å². The standard InChI is InChI=1S/C19H26N2O4/c1-13-7-6-8-14(2)16(13)25-12-15(22)11-21-17(23)19(20-18(21)24)9-4-3-5-10-19/h6-8,15,22H,3-5,9-12H2,1-2H3,(H,20,24)/t15-/m0/s1. The van der Waals surface area contributed by atoms with E-state index in [-0.39, 0.29) is 19.1 Å². The number of aliphatic hydroxyl groups is 1. The van der Waals surface area contributed by atoms with Crippen LogP contribution in [0.25, 0.3) is 0 Å². The first-order valence-electron chi connectivity index (χ1n) is 8.94. The number of hydrogen-bond donors (Lipinski definition) is 2. The number of ether oxygens (including phenoxy) is 1. The molecule has 0 radical (unpaired) electrons. The molecule has 1 saturated carbocycles. The van der Waals surface area contributed by atoms with Gasteiger partial charge < -0.3 is 15.2 Å². The number of imide groups is 1. The lowest BCUT2D eigenvalue weighted by Crippen LogP contribution is -2.48. The number of urea groups is 1. The number of benzene rings is 1. The zero-order valence-electron chi connectivity index (χ0n) is 14.9. The van der Waals surface area contributed by atoms with Crippen LogP contribution in [0, 0.1) is 13.8 Å². The van der Waals surface area contributed by atoms with Gasteiger partial charge >= 0.3 is 6.03 Å². The molecule has 136 valence electrons. The van der Waals surface area contributed by atoms with E-state index < -0.39 is 17.7 Å². The third-order valence-corrected chi connectivity index (χ3v) is 5.18. The SMILES string of the molecule is Cc1cccc(C)c1OC[C@@H](O)CN1C(=O)NC2(CCCCC2)C1=O. The molecule has 6 nitrogen and oxygen atoms in total. The van der Waals surface area contributed by atoms with Gasteiger partial charge in [0.1, 0.15) is 24.0 Å². The Hall–Kier alpha value is -2.08. The molecule has 1 aliphatic carbocycles. The second-order valence-corrected chi connectivity index (χ2v) is 7.17. The largest absolute Gasteiger partial charge is 0.490 e. The Morgan fingerprint density at radius 1 is 1.20 bits per heavy atom. The van der Waals surface area contributed by atoms with Gasteiger partial charge in [0.25, 0.3) is 5.91 Å². The van der Waals surface area contributed by atoms with E-state index in [1.54, 1.807) is 0 Å². The lowest BCUT2D eigenvalue weighted by Gasteiger charge is -2.30. The predicted octanol–water partition coefficient (Wildman–Crippen LogP) is 2.30. The molecule has 1 saturated heterocycles. The van der Waals surface area contributed by atoms with Crippen molar-refractivity contribution in [1.29, 1.82) is 0 Å². The fourth-order valence-corrected chi connectivity index (χ4v) is 3.81. The van der Waals surface area contributed by atoms with Crippen LogP contribution < -0.4 is 10.1 Å². The van der Waals surface area contributed by atoms with Crippen LogP contribution >= 0.6 is 0 Å². The zero-order valence-corrected chi connectivity index (χ0v) is 14.9. The molecule has 2 aliphatic rings. The maximum Gasteiger partial charge on any atom is 0.325 e. The number of amides is 3. The van der Waals surface area contributed by atoms with Crippen molar-refractivity contribution in [2.45, 2.75) is 57.6 Å². The van der Waals surface area contributed by atoms with Crippen LogP contribution in [-0.2, 0) is 4.79 Å². The highest BCUT2D eigenvalue weighted by molar-refractivity contribution is 6.07. The van der Waals surface area contributed by atoms with Crippen LogP contribution in [0.3, 0.4) is 0 Å². The summed E-state index contributed by atoms with van der Waals surface area (Å²) in [5, 5.41) is 13.1. The minimum Gasteiger partial charge on any atom is -0.490 e. The summed E-state index contributed by atoms with van der Waals surface area (Å²) in [7, 11) is 0. The van der Waals surface area contributed by atoms with Crippen molar-refractivity contribution in [2.24, 2.45) is 0 Å². The summed E-state index contributed by atoms with van der Waals surface area (Å²) in [6.07, 6.45) is 3.42. The third kappa shape index (κ3) is 3.49. The molecule has 6 heteroatoms. The van der Waals surface area contributed by atoms with Crippen LogP contribution in [0.5, 0.6) is 5.75 Å². The average Bonchev–Trinajstić information content (AvgIpc) is 2.79. The smallest absolute Gasteiger partial charge is 0.325 e. The Labute approximate surface area is 148 Å². The molecule has 0 bridgehead atoms. The van der Waals surface area contributed by atoms with Crippen molar-refractivity contribution in [1.82, 2.24) is 10.2 Å². The summed E-state index contributed by atoms with van der Waals surface area (Å²) >= 11 is 0. The molecule has 1 aromatic rings. The highest BCUT2D eigenvalue weighted by Crippen LogP contribution is 2.33. The molecule has 2 N–H and O–H groups in total. The van der Waals surface area contributed by atoms with Crippen LogP contribution in [0.4, 0.5) is 4.79 Å². The van der Waals surface area contributed by atoms with Crippen LogP contribution in [-0.4, -0.2) is 46.7 Å². The molecule has 0 unspecified atom stereocenters. The quantitative estimate of drug-likeness (QED) is 0.802. The van der Waals surface area contributed by atoms with E-state index in [4.69, 9.17) is 4.74 Å². The van der Waals surface area contributed by atoms with Gasteiger partial charge in [0.2, 0.25) is 0 Å². The Kier molecular flexibility index (Phi) is 4.99. The van der Waals surface area contributed by atoms with E-state index in [0.29, 0.717) is 12.8 Å². The van der Waals surface area contributed by atoms with E-state index >= 15 is 0 Å². The van der Waals surface area contributed by atoms with Gasteiger partial charge in [-0.15, -0.1) is 0 Å². The van der Waals surface area contributed by atoms with Gasteiger partial charge in [-0.25, -0.2) is 4.79 Å². The highest BCUT2D eigenvalue weighted by Gasteiger charge is 2.51. The lowest BCUT2D eigenvalue weighted by molar-refractivity contribution is -0.133. The van der Waals surface area contributed by atoms with Gasteiger partial charge in [-0.05, 0) is 37.8 Å². The monoisotopic (exact) mass is 346 g/mol. The number of rotatable bonds is 5. The van der Waals surface area contributed by atoms with Crippen LogP contribution in [0.2, 0.25) is 0 Å². The molecule has 3 rings (SSSR count). The van der Waals surface area contributed by atoms with Gasteiger partial charge in [0.15, 0.2) is 0 Å². The number of aliphatic hydroxyl groups excluding tert-OH is 1. The first-order valence-corrected chi connectivity index (χ1v) is 8.94. The number of carbonyl (C=O) groups excluding carboxylic acids is 2. The van der Waals surface area contributed by atoms with Crippen molar-refractivity contribution >= 4 is 11.9 Å². The summed E-state index contributed by atoms with van der Waals surface area (Å²) in [6, 6.07) is 5.43. The molecule has 1 aromatic carbocycles. The van der Waals surface area contributed by atoms with Crippen LogP contribution in [0.1, 0.15) is 43.2 Å². The molecule has 1 heterocycles. The second kappa shape index (κ2) is 7.04. The summed E-state index contributed by atoms with van der Waals surface area (Å²) in [5.74, 6) is 0.533. The van der Waals surface area contributed by atoms with E-state index in [1.165, 1.54) is 0 Å². The number of aryl methyl sites for hydroxylation is 2. The summed E-state index contributed by atoms with van der Waals surface area (Å²) in [4.78, 5) is 26.1. The molecular formula is C19H26N2O4. The topological polar surface area (TPSA) is 78.9 Å². The summed E-state index contributed by atoms with van der Waals surface area (Å²) < 4.78 is 5.73. The van der Waals surface area contributed by atoms with Gasteiger partial charge in [-0.1, -0.05) is 37.5 Å². The third-order valence-electron chi connectivity index (χ3n) is 5.18. The molecule has 2 fully saturated rings. The fourth-order valence-electron chi connectivity index (χ4n) is 3.81. The molecule has 25 heavy (non-hydrogen) atoms. The van der Waals surface area contributed by atoms with E-state index in [1.807, 2.05) is 32.0 Å². The molecule has 1 aliphatic heterocycles. The number of nitrogens with zero attached hydrogens (tertiary/aromatic N) is 1. The van der Waals surface area contributed by atoms with Crippen molar-refractivity contribution in [3.05, 3.63) is 29.3 Å². The van der Waals surface area contributed by atoms with Crippen molar-refractivity contribution in [3.8, 4) is 5.75 Å². The fraction of sp³-hybridized carbons (Fsp3) is 0.579. The van der Waals surface area contributed by atoms with Crippen molar-refractivity contribution < 1.29 is 19.4 Å². The van der Waals surface area contributed by atoms with Gasteiger partial charge in [-0.3, -0.25) is 9.69 Å². The zero-order chi connectivity index (χ0) is 18.0. The first kappa shape index (κ1) is 17.7. The molecule has 0 aromatic heterocycles. The Morgan fingerprint density at radius 2 is 1.84 bits per heavy atom. The normalized spacial score (nSPS) is 20.7. The van der Waals surface area contributed by atoms with Gasteiger partial charge in [-0.2, -0.15) is 0 Å². The van der Waals surface area contributed by atoms with Gasteiger partial charge in [0, 0.05) is 0 Å². The van der Waals surface area contributed by atoms with E-state index in [2.05, 4.69) is 5.32 Å². The van der Waals surface area contributed by atoms with E-state index in [0.717, 1.165) is 41.0 Å². The minimum absolute atomic E-state index is 0.0375. The van der Waals surface area contributed by atoms with Crippen molar-refractivity contribution in [2.75, 3.05) is 13.2 Å². The molecular weight excluding hydrogens is 320 g/mol. The predicted molar refractivity (Wildman–Crippen MR) is 93.5 cm³/mol. The number of hydrogen-bond acceptors (Lipinski definition) is 4. The first-order chi connectivity index (χ1) is 11.9. The highest BCUT2D eigenvalue weighted by atomic mass is 16.5. The molecule has 1 spiro atoms. The average molecular weight is 346 g/mol. The number of nitrogens with one attached hydrogen (secondary N) is 1. The molecule has 1 atom stereocenters. The Morgan fingerprint density at radius 3 is 2.48 bits per heavy atom. The second-order valence-electron chi connectivity index (χ2n) is 7.17. The van der Waals surface area contributed by atoms with Gasteiger partial charge in [0.05, 0.1) is 6.54 Å². The van der Waals surface area contributed by atoms with Crippen molar-refractivity contribution in [3.63, 3.8) is 0 Å². The summed E-state index contributed by atoms with van der Waals surface area (Å²) in [6.45, 7) is 3.88. The van der Waals surface area contributed by atoms with E-state index in [9.17, 15) is 14.7 Å². The minimum atomic E-state index is -0.924. The number of para-hydroxylation sites is 1. The Bertz CT molecular complexity index is 647. The lowest BCUT2D eigenvalue weighted by atomic mass is 9.82. The Balaban J connectivity index is 1.60. The maximum atomic E-state index is 12.7.